The molecule has 0 saturated carbocycles. The highest BCUT2D eigenvalue weighted by molar-refractivity contribution is 6.30. The maximum atomic E-state index is 6.08. The molecule has 0 spiro atoms. The Balaban J connectivity index is 2.57. The van der Waals surface area contributed by atoms with Gasteiger partial charge in [0.15, 0.2) is 0 Å². The van der Waals surface area contributed by atoms with Gasteiger partial charge in [0.1, 0.15) is 17.6 Å². The summed E-state index contributed by atoms with van der Waals surface area (Å²) in [5, 5.41) is 0.455. The van der Waals surface area contributed by atoms with Crippen LogP contribution in [0.5, 0.6) is 5.88 Å². The first-order chi connectivity index (χ1) is 8.91. The molecule has 1 heterocycles. The summed E-state index contributed by atoms with van der Waals surface area (Å²) in [7, 11) is 0. The minimum Gasteiger partial charge on any atom is -0.475 e. The van der Waals surface area contributed by atoms with Crippen LogP contribution in [0.3, 0.4) is 0 Å². The Bertz CT molecular complexity index is 409. The molecule has 4 nitrogen and oxygen atoms in total. The topological polar surface area (TPSA) is 44.2 Å². The second-order valence-electron chi connectivity index (χ2n) is 5.27. The fourth-order valence-electron chi connectivity index (χ4n) is 1.40. The minimum atomic E-state index is 0.220. The lowest BCUT2D eigenvalue weighted by Crippen LogP contribution is -2.12. The first-order valence-electron chi connectivity index (χ1n) is 6.66. The van der Waals surface area contributed by atoms with Crippen LogP contribution in [0.25, 0.3) is 0 Å². The van der Waals surface area contributed by atoms with Gasteiger partial charge in [0, 0.05) is 18.1 Å². The zero-order valence-electron chi connectivity index (χ0n) is 12.4. The predicted molar refractivity (Wildman–Crippen MR) is 77.0 cm³/mol. The van der Waals surface area contributed by atoms with Gasteiger partial charge in [0.05, 0.1) is 6.61 Å². The van der Waals surface area contributed by atoms with Crippen LogP contribution in [0.15, 0.2) is 0 Å². The molecule has 0 aliphatic heterocycles. The third-order valence-corrected chi connectivity index (χ3v) is 2.86. The molecule has 5 heteroatoms. The van der Waals surface area contributed by atoms with Crippen molar-refractivity contribution in [1.29, 1.82) is 0 Å². The lowest BCUT2D eigenvalue weighted by Gasteiger charge is -2.12. The van der Waals surface area contributed by atoms with Gasteiger partial charge in [0.25, 0.3) is 0 Å². The van der Waals surface area contributed by atoms with Gasteiger partial charge < -0.3 is 9.47 Å². The number of hydrogen-bond donors (Lipinski definition) is 0. The first kappa shape index (κ1) is 16.2. The van der Waals surface area contributed by atoms with E-state index in [0.717, 1.165) is 12.2 Å². The standard InChI is InChI=1S/C14H23ClN2O2/c1-9(2)8-18-6-7-19-14-11(5)12(15)16-13(17-14)10(3)4/h9-10H,6-8H2,1-5H3. The van der Waals surface area contributed by atoms with Crippen molar-refractivity contribution in [3.63, 3.8) is 0 Å². The van der Waals surface area contributed by atoms with E-state index in [1.165, 1.54) is 0 Å². The van der Waals surface area contributed by atoms with Crippen molar-refractivity contribution in [3.8, 4) is 5.88 Å². The number of halogens is 1. The van der Waals surface area contributed by atoms with Gasteiger partial charge >= 0.3 is 0 Å². The Morgan fingerprint density at radius 1 is 1.11 bits per heavy atom. The van der Waals surface area contributed by atoms with E-state index in [2.05, 4.69) is 23.8 Å². The van der Waals surface area contributed by atoms with Crippen LogP contribution in [-0.2, 0) is 4.74 Å². The quantitative estimate of drug-likeness (QED) is 0.567. The van der Waals surface area contributed by atoms with E-state index >= 15 is 0 Å². The molecular weight excluding hydrogens is 264 g/mol. The normalized spacial score (nSPS) is 11.4. The summed E-state index contributed by atoms with van der Waals surface area (Å²) in [6.45, 7) is 11.9. The van der Waals surface area contributed by atoms with Gasteiger partial charge in [-0.25, -0.2) is 4.98 Å². The maximum absolute atomic E-state index is 6.08. The fraction of sp³-hybridized carbons (Fsp3) is 0.714. The number of rotatable bonds is 7. The highest BCUT2D eigenvalue weighted by Crippen LogP contribution is 2.24. The lowest BCUT2D eigenvalue weighted by molar-refractivity contribution is 0.0803. The maximum Gasteiger partial charge on any atom is 0.221 e. The molecule has 0 amide bonds. The molecule has 0 aromatic carbocycles. The second-order valence-corrected chi connectivity index (χ2v) is 5.63. The molecule has 0 saturated heterocycles. The number of aromatic nitrogens is 2. The van der Waals surface area contributed by atoms with Crippen molar-refractivity contribution >= 4 is 11.6 Å². The largest absolute Gasteiger partial charge is 0.475 e. The van der Waals surface area contributed by atoms with Crippen molar-refractivity contribution in [2.24, 2.45) is 5.92 Å². The Morgan fingerprint density at radius 3 is 2.37 bits per heavy atom. The molecule has 0 radical (unpaired) electrons. The smallest absolute Gasteiger partial charge is 0.221 e. The summed E-state index contributed by atoms with van der Waals surface area (Å²) in [5.74, 6) is 2.01. The van der Waals surface area contributed by atoms with E-state index in [1.54, 1.807) is 0 Å². The Kier molecular flexibility index (Phi) is 6.52. The van der Waals surface area contributed by atoms with Crippen LogP contribution in [0, 0.1) is 12.8 Å². The lowest BCUT2D eigenvalue weighted by atomic mass is 10.2. The van der Waals surface area contributed by atoms with Crippen molar-refractivity contribution in [2.45, 2.75) is 40.5 Å². The van der Waals surface area contributed by atoms with Gasteiger partial charge in [-0.1, -0.05) is 39.3 Å². The summed E-state index contributed by atoms with van der Waals surface area (Å²) in [5.41, 5.74) is 0.773. The number of nitrogens with zero attached hydrogens (tertiary/aromatic N) is 2. The van der Waals surface area contributed by atoms with Crippen LogP contribution in [0.4, 0.5) is 0 Å². The Morgan fingerprint density at radius 2 is 1.79 bits per heavy atom. The molecule has 0 N–H and O–H groups in total. The molecule has 108 valence electrons. The number of ether oxygens (including phenoxy) is 2. The van der Waals surface area contributed by atoms with E-state index in [-0.39, 0.29) is 5.92 Å². The van der Waals surface area contributed by atoms with Gasteiger partial charge in [-0.05, 0) is 12.8 Å². The molecule has 1 aromatic rings. The van der Waals surface area contributed by atoms with Crippen LogP contribution in [0.2, 0.25) is 5.15 Å². The summed E-state index contributed by atoms with van der Waals surface area (Å²) in [6, 6.07) is 0. The average Bonchev–Trinajstić information content (AvgIpc) is 2.33. The predicted octanol–water partition coefficient (Wildman–Crippen LogP) is 3.61. The van der Waals surface area contributed by atoms with Crippen LogP contribution < -0.4 is 4.74 Å². The van der Waals surface area contributed by atoms with Gasteiger partial charge in [-0.15, -0.1) is 0 Å². The third-order valence-electron chi connectivity index (χ3n) is 2.49. The van der Waals surface area contributed by atoms with Crippen molar-refractivity contribution in [3.05, 3.63) is 16.5 Å². The molecular formula is C14H23ClN2O2. The van der Waals surface area contributed by atoms with Crippen molar-refractivity contribution in [2.75, 3.05) is 19.8 Å². The Hall–Kier alpha value is -0.870. The molecule has 0 aliphatic rings. The van der Waals surface area contributed by atoms with Gasteiger partial charge in [0.2, 0.25) is 5.88 Å². The van der Waals surface area contributed by atoms with Gasteiger partial charge in [-0.2, -0.15) is 4.98 Å². The van der Waals surface area contributed by atoms with E-state index in [9.17, 15) is 0 Å². The van der Waals surface area contributed by atoms with Crippen LogP contribution >= 0.6 is 11.6 Å². The van der Waals surface area contributed by atoms with E-state index < -0.39 is 0 Å². The minimum absolute atomic E-state index is 0.220. The fourth-order valence-corrected chi connectivity index (χ4v) is 1.57. The zero-order chi connectivity index (χ0) is 14.4. The highest BCUT2D eigenvalue weighted by Gasteiger charge is 2.12. The van der Waals surface area contributed by atoms with E-state index in [1.807, 2.05) is 20.8 Å². The summed E-state index contributed by atoms with van der Waals surface area (Å²) in [4.78, 5) is 8.64. The van der Waals surface area contributed by atoms with Crippen molar-refractivity contribution in [1.82, 2.24) is 9.97 Å². The molecule has 0 atom stereocenters. The molecule has 1 rings (SSSR count). The average molecular weight is 287 g/mol. The van der Waals surface area contributed by atoms with Gasteiger partial charge in [-0.3, -0.25) is 0 Å². The molecule has 0 aliphatic carbocycles. The molecule has 19 heavy (non-hydrogen) atoms. The Labute approximate surface area is 120 Å². The number of hydrogen-bond acceptors (Lipinski definition) is 4. The SMILES string of the molecule is Cc1c(Cl)nc(C(C)C)nc1OCCOCC(C)C. The van der Waals surface area contributed by atoms with Crippen LogP contribution in [0.1, 0.15) is 45.0 Å². The molecule has 0 unspecified atom stereocenters. The molecule has 0 bridgehead atoms. The van der Waals surface area contributed by atoms with Crippen LogP contribution in [-0.4, -0.2) is 29.8 Å². The molecule has 1 aromatic heterocycles. The van der Waals surface area contributed by atoms with E-state index in [0.29, 0.717) is 36.0 Å². The summed E-state index contributed by atoms with van der Waals surface area (Å²) >= 11 is 6.08. The monoisotopic (exact) mass is 286 g/mol. The third kappa shape index (κ3) is 5.33. The van der Waals surface area contributed by atoms with Crippen molar-refractivity contribution < 1.29 is 9.47 Å². The second kappa shape index (κ2) is 7.65. The molecule has 0 fully saturated rings. The first-order valence-corrected chi connectivity index (χ1v) is 7.04. The highest BCUT2D eigenvalue weighted by atomic mass is 35.5. The van der Waals surface area contributed by atoms with E-state index in [4.69, 9.17) is 21.1 Å². The summed E-state index contributed by atoms with van der Waals surface area (Å²) < 4.78 is 11.1. The zero-order valence-corrected chi connectivity index (χ0v) is 13.1. The summed E-state index contributed by atoms with van der Waals surface area (Å²) in [6.07, 6.45) is 0.